The second-order valence-corrected chi connectivity index (χ2v) is 3.96. The first-order valence-electron chi connectivity index (χ1n) is 4.94. The van der Waals surface area contributed by atoms with E-state index in [0.29, 0.717) is 10.7 Å². The molecule has 0 saturated heterocycles. The molecule has 0 radical (unpaired) electrons. The summed E-state index contributed by atoms with van der Waals surface area (Å²) in [4.78, 5) is 3.90. The zero-order valence-electron chi connectivity index (χ0n) is 9.36. The van der Waals surface area contributed by atoms with Crippen LogP contribution in [0.4, 0.5) is 8.78 Å². The third kappa shape index (κ3) is 2.70. The number of hydrogen-bond acceptors (Lipinski definition) is 5. The number of rotatable bonds is 4. The minimum absolute atomic E-state index is 0.311. The van der Waals surface area contributed by atoms with Crippen molar-refractivity contribution < 1.29 is 8.78 Å². The summed E-state index contributed by atoms with van der Waals surface area (Å²) in [6, 6.07) is 3.50. The van der Waals surface area contributed by atoms with Crippen LogP contribution >= 0.6 is 11.8 Å². The van der Waals surface area contributed by atoms with Gasteiger partial charge in [0.25, 0.3) is 6.43 Å². The van der Waals surface area contributed by atoms with E-state index < -0.39 is 12.2 Å². The predicted molar refractivity (Wildman–Crippen MR) is 64.0 cm³/mol. The summed E-state index contributed by atoms with van der Waals surface area (Å²) in [5, 5.41) is 11.3. The fraction of sp³-hybridized carbons (Fsp3) is 0.200. The third-order valence-corrected chi connectivity index (χ3v) is 2.64. The highest BCUT2D eigenvalue weighted by molar-refractivity contribution is 7.98. The van der Waals surface area contributed by atoms with E-state index in [2.05, 4.69) is 20.3 Å². The Morgan fingerprint density at radius 3 is 2.89 bits per heavy atom. The van der Waals surface area contributed by atoms with Crippen molar-refractivity contribution in [2.24, 2.45) is 5.10 Å². The smallest absolute Gasteiger partial charge is 0.264 e. The lowest BCUT2D eigenvalue weighted by Gasteiger charge is -2.01. The van der Waals surface area contributed by atoms with E-state index in [1.165, 1.54) is 18.0 Å². The van der Waals surface area contributed by atoms with Gasteiger partial charge in [0.1, 0.15) is 0 Å². The molecule has 8 heteroatoms. The maximum Gasteiger partial charge on any atom is 0.299 e. The standard InChI is InChI=1S/C10H9F2N5S/c1-18-10-16-15-9(8(11)12)17(10)14-6-7-3-2-4-13-5-7/h2-6,8H,1H3/b14-6+. The third-order valence-electron chi connectivity index (χ3n) is 2.02. The lowest BCUT2D eigenvalue weighted by molar-refractivity contribution is 0.135. The molecule has 2 aromatic rings. The molecule has 0 spiro atoms. The normalized spacial score (nSPS) is 11.6. The topological polar surface area (TPSA) is 56.0 Å². The van der Waals surface area contributed by atoms with Crippen molar-refractivity contribution in [1.82, 2.24) is 19.9 Å². The number of hydrogen-bond donors (Lipinski definition) is 0. The predicted octanol–water partition coefficient (Wildman–Crippen LogP) is 2.21. The van der Waals surface area contributed by atoms with Crippen LogP contribution < -0.4 is 0 Å². The molecule has 0 aliphatic rings. The zero-order chi connectivity index (χ0) is 13.0. The Hall–Kier alpha value is -1.83. The first-order valence-corrected chi connectivity index (χ1v) is 6.16. The van der Waals surface area contributed by atoms with Crippen LogP contribution in [0, 0.1) is 0 Å². The van der Waals surface area contributed by atoms with Crippen LogP contribution in [0.25, 0.3) is 0 Å². The molecule has 5 nitrogen and oxygen atoms in total. The molecule has 0 atom stereocenters. The zero-order valence-corrected chi connectivity index (χ0v) is 10.2. The van der Waals surface area contributed by atoms with Crippen molar-refractivity contribution in [3.05, 3.63) is 35.9 Å². The van der Waals surface area contributed by atoms with E-state index in [9.17, 15) is 8.78 Å². The molecule has 0 unspecified atom stereocenters. The van der Waals surface area contributed by atoms with E-state index in [1.807, 2.05) is 0 Å². The van der Waals surface area contributed by atoms with E-state index in [0.717, 1.165) is 4.68 Å². The molecule has 0 bridgehead atoms. The van der Waals surface area contributed by atoms with Crippen LogP contribution in [-0.2, 0) is 0 Å². The Morgan fingerprint density at radius 2 is 2.28 bits per heavy atom. The summed E-state index contributed by atoms with van der Waals surface area (Å²) in [6.45, 7) is 0. The van der Waals surface area contributed by atoms with E-state index in [1.54, 1.807) is 30.8 Å². The van der Waals surface area contributed by atoms with Crippen molar-refractivity contribution in [2.75, 3.05) is 6.26 Å². The Bertz CT molecular complexity index is 540. The molecule has 0 N–H and O–H groups in total. The van der Waals surface area contributed by atoms with Gasteiger partial charge in [0.2, 0.25) is 11.0 Å². The number of aromatic nitrogens is 4. The molecular formula is C10H9F2N5S. The second-order valence-electron chi connectivity index (χ2n) is 3.19. The Balaban J connectivity index is 2.33. The highest BCUT2D eigenvalue weighted by Gasteiger charge is 2.19. The van der Waals surface area contributed by atoms with Gasteiger partial charge >= 0.3 is 0 Å². The Morgan fingerprint density at radius 1 is 1.44 bits per heavy atom. The molecule has 18 heavy (non-hydrogen) atoms. The fourth-order valence-corrected chi connectivity index (χ4v) is 1.66. The molecule has 2 heterocycles. The number of thioether (sulfide) groups is 1. The molecule has 0 amide bonds. The van der Waals surface area contributed by atoms with Crippen LogP contribution in [0.1, 0.15) is 17.8 Å². The highest BCUT2D eigenvalue weighted by Crippen LogP contribution is 2.21. The quantitative estimate of drug-likeness (QED) is 0.631. The van der Waals surface area contributed by atoms with Gasteiger partial charge in [-0.1, -0.05) is 17.8 Å². The van der Waals surface area contributed by atoms with Crippen molar-refractivity contribution in [2.45, 2.75) is 11.6 Å². The Labute approximate surface area is 106 Å². The van der Waals surface area contributed by atoms with Crippen molar-refractivity contribution in [3.8, 4) is 0 Å². The second kappa shape index (κ2) is 5.67. The largest absolute Gasteiger partial charge is 0.299 e. The number of nitrogens with zero attached hydrogens (tertiary/aromatic N) is 5. The molecule has 0 saturated carbocycles. The average molecular weight is 269 g/mol. The number of alkyl halides is 2. The van der Waals surface area contributed by atoms with Crippen LogP contribution in [0.15, 0.2) is 34.8 Å². The summed E-state index contributed by atoms with van der Waals surface area (Å²) >= 11 is 1.20. The van der Waals surface area contributed by atoms with Gasteiger partial charge in [-0.2, -0.15) is 9.78 Å². The van der Waals surface area contributed by atoms with Crippen LogP contribution in [-0.4, -0.2) is 32.3 Å². The summed E-state index contributed by atoms with van der Waals surface area (Å²) in [5.74, 6) is -0.473. The van der Waals surface area contributed by atoms with E-state index in [4.69, 9.17) is 0 Å². The fourth-order valence-electron chi connectivity index (χ4n) is 1.23. The van der Waals surface area contributed by atoms with Gasteiger partial charge in [0.15, 0.2) is 0 Å². The summed E-state index contributed by atoms with van der Waals surface area (Å²) in [7, 11) is 0. The molecule has 94 valence electrons. The number of halogens is 2. The minimum Gasteiger partial charge on any atom is -0.264 e. The highest BCUT2D eigenvalue weighted by atomic mass is 32.2. The monoisotopic (exact) mass is 269 g/mol. The van der Waals surface area contributed by atoms with Gasteiger partial charge in [-0.25, -0.2) is 8.78 Å². The van der Waals surface area contributed by atoms with Gasteiger partial charge in [-0.05, 0) is 12.3 Å². The molecular weight excluding hydrogens is 260 g/mol. The molecule has 2 aromatic heterocycles. The average Bonchev–Trinajstić information content (AvgIpc) is 2.80. The first kappa shape index (κ1) is 12.6. The van der Waals surface area contributed by atoms with E-state index >= 15 is 0 Å². The summed E-state index contributed by atoms with van der Waals surface area (Å²) < 4.78 is 26.4. The minimum atomic E-state index is -2.72. The van der Waals surface area contributed by atoms with Crippen LogP contribution in [0.2, 0.25) is 0 Å². The lowest BCUT2D eigenvalue weighted by Crippen LogP contribution is -2.00. The van der Waals surface area contributed by atoms with Crippen LogP contribution in [0.3, 0.4) is 0 Å². The molecule has 2 rings (SSSR count). The van der Waals surface area contributed by atoms with Crippen molar-refractivity contribution in [1.29, 1.82) is 0 Å². The SMILES string of the molecule is CSc1nnc(C(F)F)n1/N=C/c1cccnc1. The van der Waals surface area contributed by atoms with Gasteiger partial charge in [0, 0.05) is 18.0 Å². The van der Waals surface area contributed by atoms with Gasteiger partial charge in [-0.15, -0.1) is 10.2 Å². The van der Waals surface area contributed by atoms with Crippen molar-refractivity contribution in [3.63, 3.8) is 0 Å². The van der Waals surface area contributed by atoms with Crippen LogP contribution in [0.5, 0.6) is 0 Å². The first-order chi connectivity index (χ1) is 8.72. The molecule has 0 aliphatic heterocycles. The summed E-state index contributed by atoms with van der Waals surface area (Å²) in [5.41, 5.74) is 0.707. The van der Waals surface area contributed by atoms with Gasteiger partial charge < -0.3 is 0 Å². The summed E-state index contributed by atoms with van der Waals surface area (Å²) in [6.07, 6.45) is 3.63. The Kier molecular flexibility index (Phi) is 3.98. The lowest BCUT2D eigenvalue weighted by atomic mass is 10.3. The number of pyridine rings is 1. The maximum absolute atomic E-state index is 12.7. The van der Waals surface area contributed by atoms with Crippen molar-refractivity contribution >= 4 is 18.0 Å². The molecule has 0 aliphatic carbocycles. The maximum atomic E-state index is 12.7. The van der Waals surface area contributed by atoms with Gasteiger partial charge in [-0.3, -0.25) is 4.98 Å². The molecule has 0 fully saturated rings. The van der Waals surface area contributed by atoms with E-state index in [-0.39, 0.29) is 0 Å². The molecule has 0 aromatic carbocycles. The van der Waals surface area contributed by atoms with Gasteiger partial charge in [0.05, 0.1) is 6.21 Å².